The number of rotatable bonds is 5. The SMILES string of the molecule is C=CCNC(=O)c1cc(Nc2ccc(C)c(C)c2)ncn1. The predicted octanol–water partition coefficient (Wildman–Crippen LogP) is 2.75. The van der Waals surface area contributed by atoms with Gasteiger partial charge in [0.05, 0.1) is 0 Å². The van der Waals surface area contributed by atoms with Crippen molar-refractivity contribution in [3.8, 4) is 0 Å². The molecule has 1 aromatic carbocycles. The van der Waals surface area contributed by atoms with E-state index in [0.29, 0.717) is 18.1 Å². The van der Waals surface area contributed by atoms with Gasteiger partial charge in [0.15, 0.2) is 0 Å². The van der Waals surface area contributed by atoms with Crippen LogP contribution >= 0.6 is 0 Å². The van der Waals surface area contributed by atoms with Gasteiger partial charge in [0.1, 0.15) is 17.8 Å². The second-order valence-corrected chi connectivity index (χ2v) is 4.71. The molecular formula is C16H18N4O. The topological polar surface area (TPSA) is 66.9 Å². The van der Waals surface area contributed by atoms with Gasteiger partial charge in [-0.05, 0) is 37.1 Å². The van der Waals surface area contributed by atoms with Crippen LogP contribution in [0.3, 0.4) is 0 Å². The third-order valence-corrected chi connectivity index (χ3v) is 3.09. The smallest absolute Gasteiger partial charge is 0.270 e. The summed E-state index contributed by atoms with van der Waals surface area (Å²) in [4.78, 5) is 19.9. The average Bonchev–Trinajstić information content (AvgIpc) is 2.49. The predicted molar refractivity (Wildman–Crippen MR) is 83.8 cm³/mol. The Kier molecular flexibility index (Phi) is 4.66. The Hall–Kier alpha value is -2.69. The summed E-state index contributed by atoms with van der Waals surface area (Å²) in [7, 11) is 0. The summed E-state index contributed by atoms with van der Waals surface area (Å²) in [5, 5.41) is 5.85. The fourth-order valence-electron chi connectivity index (χ4n) is 1.77. The molecule has 2 N–H and O–H groups in total. The Bertz CT molecular complexity index is 667. The number of amides is 1. The van der Waals surface area contributed by atoms with Crippen molar-refractivity contribution in [3.63, 3.8) is 0 Å². The Labute approximate surface area is 124 Å². The molecule has 2 rings (SSSR count). The molecule has 1 amide bonds. The van der Waals surface area contributed by atoms with Crippen molar-refractivity contribution in [2.45, 2.75) is 13.8 Å². The van der Waals surface area contributed by atoms with Gasteiger partial charge in [-0.25, -0.2) is 9.97 Å². The summed E-state index contributed by atoms with van der Waals surface area (Å²) >= 11 is 0. The molecular weight excluding hydrogens is 264 g/mol. The number of nitrogens with zero attached hydrogens (tertiary/aromatic N) is 2. The Balaban J connectivity index is 2.15. The Morgan fingerprint density at radius 1 is 1.24 bits per heavy atom. The van der Waals surface area contributed by atoms with Gasteiger partial charge in [0, 0.05) is 18.3 Å². The van der Waals surface area contributed by atoms with Crippen LogP contribution in [0.2, 0.25) is 0 Å². The van der Waals surface area contributed by atoms with Gasteiger partial charge in [0.25, 0.3) is 5.91 Å². The van der Waals surface area contributed by atoms with Crippen LogP contribution in [0, 0.1) is 13.8 Å². The molecule has 0 spiro atoms. The van der Waals surface area contributed by atoms with E-state index in [-0.39, 0.29) is 5.91 Å². The van der Waals surface area contributed by atoms with Crippen LogP contribution in [0.25, 0.3) is 0 Å². The molecule has 0 radical (unpaired) electrons. The zero-order chi connectivity index (χ0) is 15.2. The quantitative estimate of drug-likeness (QED) is 0.827. The maximum absolute atomic E-state index is 11.8. The van der Waals surface area contributed by atoms with Crippen molar-refractivity contribution >= 4 is 17.4 Å². The van der Waals surface area contributed by atoms with Gasteiger partial charge in [-0.15, -0.1) is 6.58 Å². The van der Waals surface area contributed by atoms with Gasteiger partial charge in [0.2, 0.25) is 0 Å². The van der Waals surface area contributed by atoms with Crippen LogP contribution in [-0.4, -0.2) is 22.4 Å². The van der Waals surface area contributed by atoms with E-state index in [1.807, 2.05) is 18.2 Å². The minimum Gasteiger partial charge on any atom is -0.347 e. The van der Waals surface area contributed by atoms with E-state index in [9.17, 15) is 4.79 Å². The summed E-state index contributed by atoms with van der Waals surface area (Å²) < 4.78 is 0. The molecule has 1 heterocycles. The summed E-state index contributed by atoms with van der Waals surface area (Å²) in [5.41, 5.74) is 3.66. The van der Waals surface area contributed by atoms with Crippen molar-refractivity contribution in [1.29, 1.82) is 0 Å². The zero-order valence-corrected chi connectivity index (χ0v) is 12.2. The molecule has 0 aliphatic carbocycles. The number of carbonyl (C=O) groups excluding carboxylic acids is 1. The molecule has 0 bridgehead atoms. The number of carbonyl (C=O) groups is 1. The van der Waals surface area contributed by atoms with Crippen molar-refractivity contribution < 1.29 is 4.79 Å². The molecule has 108 valence electrons. The molecule has 0 saturated heterocycles. The van der Waals surface area contributed by atoms with Crippen LogP contribution in [-0.2, 0) is 0 Å². The van der Waals surface area contributed by atoms with E-state index in [0.717, 1.165) is 5.69 Å². The lowest BCUT2D eigenvalue weighted by Gasteiger charge is -2.09. The highest BCUT2D eigenvalue weighted by Crippen LogP contribution is 2.18. The molecule has 0 aliphatic heterocycles. The molecule has 21 heavy (non-hydrogen) atoms. The third-order valence-electron chi connectivity index (χ3n) is 3.09. The summed E-state index contributed by atoms with van der Waals surface area (Å²) in [6.45, 7) is 8.07. The maximum Gasteiger partial charge on any atom is 0.270 e. The first kappa shape index (κ1) is 14.7. The van der Waals surface area contributed by atoms with E-state index in [2.05, 4.69) is 41.0 Å². The van der Waals surface area contributed by atoms with Crippen molar-refractivity contribution in [2.75, 3.05) is 11.9 Å². The number of aromatic nitrogens is 2. The molecule has 5 nitrogen and oxygen atoms in total. The maximum atomic E-state index is 11.8. The lowest BCUT2D eigenvalue weighted by molar-refractivity contribution is 0.0953. The highest BCUT2D eigenvalue weighted by molar-refractivity contribution is 5.93. The minimum atomic E-state index is -0.250. The van der Waals surface area contributed by atoms with Gasteiger partial charge >= 0.3 is 0 Å². The average molecular weight is 282 g/mol. The number of anilines is 2. The molecule has 0 saturated carbocycles. The number of aryl methyl sites for hydroxylation is 2. The van der Waals surface area contributed by atoms with E-state index < -0.39 is 0 Å². The van der Waals surface area contributed by atoms with E-state index in [1.54, 1.807) is 12.1 Å². The normalized spacial score (nSPS) is 10.0. The third kappa shape index (κ3) is 3.89. The van der Waals surface area contributed by atoms with E-state index >= 15 is 0 Å². The van der Waals surface area contributed by atoms with Crippen LogP contribution in [0.15, 0.2) is 43.2 Å². The zero-order valence-electron chi connectivity index (χ0n) is 12.2. The molecule has 5 heteroatoms. The summed E-state index contributed by atoms with van der Waals surface area (Å²) in [6.07, 6.45) is 2.99. The highest BCUT2D eigenvalue weighted by atomic mass is 16.1. The van der Waals surface area contributed by atoms with Crippen LogP contribution in [0.1, 0.15) is 21.6 Å². The number of benzene rings is 1. The lowest BCUT2D eigenvalue weighted by atomic mass is 10.1. The largest absolute Gasteiger partial charge is 0.347 e. The van der Waals surface area contributed by atoms with Crippen LogP contribution in [0.4, 0.5) is 11.5 Å². The summed E-state index contributed by atoms with van der Waals surface area (Å²) in [5.74, 6) is 0.331. The molecule has 0 aliphatic rings. The first-order chi connectivity index (χ1) is 10.1. The fourth-order valence-corrected chi connectivity index (χ4v) is 1.77. The fraction of sp³-hybridized carbons (Fsp3) is 0.188. The second kappa shape index (κ2) is 6.65. The van der Waals surface area contributed by atoms with Gasteiger partial charge in [-0.2, -0.15) is 0 Å². The molecule has 0 atom stereocenters. The minimum absolute atomic E-state index is 0.250. The molecule has 1 aromatic heterocycles. The standard InChI is InChI=1S/C16H18N4O/c1-4-7-17-16(21)14-9-15(19-10-18-14)20-13-6-5-11(2)12(3)8-13/h4-6,8-10H,1,7H2,2-3H3,(H,17,21)(H,18,19,20). The lowest BCUT2D eigenvalue weighted by Crippen LogP contribution is -2.24. The van der Waals surface area contributed by atoms with Gasteiger partial charge in [-0.3, -0.25) is 4.79 Å². The van der Waals surface area contributed by atoms with Crippen LogP contribution in [0.5, 0.6) is 0 Å². The Morgan fingerprint density at radius 2 is 2.05 bits per heavy atom. The molecule has 2 aromatic rings. The number of hydrogen-bond acceptors (Lipinski definition) is 4. The highest BCUT2D eigenvalue weighted by Gasteiger charge is 2.07. The van der Waals surface area contributed by atoms with E-state index in [1.165, 1.54) is 17.5 Å². The second-order valence-electron chi connectivity index (χ2n) is 4.71. The van der Waals surface area contributed by atoms with E-state index in [4.69, 9.17) is 0 Å². The monoisotopic (exact) mass is 282 g/mol. The Morgan fingerprint density at radius 3 is 2.76 bits per heavy atom. The van der Waals surface area contributed by atoms with Crippen LogP contribution < -0.4 is 10.6 Å². The number of nitrogens with one attached hydrogen (secondary N) is 2. The van der Waals surface area contributed by atoms with Crippen molar-refractivity contribution in [2.24, 2.45) is 0 Å². The first-order valence-corrected chi connectivity index (χ1v) is 6.65. The van der Waals surface area contributed by atoms with Gasteiger partial charge in [-0.1, -0.05) is 12.1 Å². The van der Waals surface area contributed by atoms with Gasteiger partial charge < -0.3 is 10.6 Å². The molecule has 0 fully saturated rings. The molecule has 0 unspecified atom stereocenters. The van der Waals surface area contributed by atoms with Crippen molar-refractivity contribution in [1.82, 2.24) is 15.3 Å². The number of hydrogen-bond donors (Lipinski definition) is 2. The summed E-state index contributed by atoms with van der Waals surface area (Å²) in [6, 6.07) is 7.67. The van der Waals surface area contributed by atoms with Crippen molar-refractivity contribution in [3.05, 3.63) is 60.1 Å². The first-order valence-electron chi connectivity index (χ1n) is 6.65.